The number of amides is 1. The van der Waals surface area contributed by atoms with Gasteiger partial charge in [0.25, 0.3) is 5.91 Å². The van der Waals surface area contributed by atoms with Crippen molar-refractivity contribution < 1.29 is 14.7 Å². The van der Waals surface area contributed by atoms with E-state index in [0.717, 1.165) is 22.8 Å². The maximum absolute atomic E-state index is 12.1. The molecule has 1 aliphatic heterocycles. The summed E-state index contributed by atoms with van der Waals surface area (Å²) in [6, 6.07) is 1.96. The molecule has 0 fully saturated rings. The first-order chi connectivity index (χ1) is 10.1. The number of thioether (sulfide) groups is 1. The van der Waals surface area contributed by atoms with Gasteiger partial charge in [-0.05, 0) is 23.8 Å². The summed E-state index contributed by atoms with van der Waals surface area (Å²) >= 11 is 4.68. The number of aryl methyl sites for hydroxylation is 1. The molecule has 3 rings (SSSR count). The summed E-state index contributed by atoms with van der Waals surface area (Å²) in [5.74, 6) is 0.929. The van der Waals surface area contributed by atoms with Gasteiger partial charge in [0.05, 0.1) is 11.4 Å². The molecule has 1 amide bonds. The number of carboxylic acids is 1. The molecule has 2 N–H and O–H groups in total. The Bertz CT molecular complexity index is 669. The Kier molecular flexibility index (Phi) is 4.27. The van der Waals surface area contributed by atoms with Gasteiger partial charge in [0, 0.05) is 16.0 Å². The Morgan fingerprint density at radius 3 is 3.00 bits per heavy atom. The third-order valence-electron chi connectivity index (χ3n) is 3.02. The Balaban J connectivity index is 1.63. The van der Waals surface area contributed by atoms with Gasteiger partial charge in [-0.1, -0.05) is 0 Å². The van der Waals surface area contributed by atoms with Gasteiger partial charge < -0.3 is 10.4 Å². The standard InChI is InChI=1S/C13H12N2O3S3/c16-12(10-3-7-5-19-2-1-9(7)21-10)14-4-11-15-8(6-20-11)13(17)18/h3,6H,1-2,4-5H2,(H,14,16)(H,17,18). The van der Waals surface area contributed by atoms with E-state index < -0.39 is 5.97 Å². The number of aromatic nitrogens is 1. The van der Waals surface area contributed by atoms with E-state index >= 15 is 0 Å². The summed E-state index contributed by atoms with van der Waals surface area (Å²) in [5.41, 5.74) is 1.29. The number of carboxylic acid groups (broad SMARTS) is 1. The van der Waals surface area contributed by atoms with Crippen LogP contribution in [-0.4, -0.2) is 27.7 Å². The fraction of sp³-hybridized carbons (Fsp3) is 0.308. The molecule has 3 heterocycles. The number of nitrogens with zero attached hydrogens (tertiary/aromatic N) is 1. The molecule has 21 heavy (non-hydrogen) atoms. The molecule has 0 bridgehead atoms. The van der Waals surface area contributed by atoms with Crippen LogP contribution in [0.15, 0.2) is 11.4 Å². The van der Waals surface area contributed by atoms with Crippen LogP contribution in [0.1, 0.15) is 35.6 Å². The fourth-order valence-electron chi connectivity index (χ4n) is 1.99. The molecule has 0 aliphatic carbocycles. The minimum Gasteiger partial charge on any atom is -0.476 e. The SMILES string of the molecule is O=C(O)c1csc(CNC(=O)c2cc3c(s2)CCSC3)n1. The molecule has 0 saturated heterocycles. The highest BCUT2D eigenvalue weighted by Gasteiger charge is 2.17. The Labute approximate surface area is 133 Å². The van der Waals surface area contributed by atoms with Crippen molar-refractivity contribution in [2.24, 2.45) is 0 Å². The normalized spacial score (nSPS) is 13.7. The molecule has 110 valence electrons. The topological polar surface area (TPSA) is 79.3 Å². The summed E-state index contributed by atoms with van der Waals surface area (Å²) in [7, 11) is 0. The van der Waals surface area contributed by atoms with Crippen molar-refractivity contribution in [2.75, 3.05) is 5.75 Å². The van der Waals surface area contributed by atoms with Crippen molar-refractivity contribution in [3.8, 4) is 0 Å². The van der Waals surface area contributed by atoms with Gasteiger partial charge in [0.2, 0.25) is 0 Å². The molecule has 0 aromatic carbocycles. The molecule has 2 aromatic rings. The van der Waals surface area contributed by atoms with Crippen LogP contribution in [-0.2, 0) is 18.7 Å². The van der Waals surface area contributed by atoms with Crippen LogP contribution in [0.5, 0.6) is 0 Å². The Morgan fingerprint density at radius 1 is 1.43 bits per heavy atom. The zero-order valence-corrected chi connectivity index (χ0v) is 13.4. The summed E-state index contributed by atoms with van der Waals surface area (Å²) in [5, 5.41) is 13.7. The van der Waals surface area contributed by atoms with E-state index in [9.17, 15) is 9.59 Å². The smallest absolute Gasteiger partial charge is 0.355 e. The zero-order valence-electron chi connectivity index (χ0n) is 10.9. The third-order valence-corrected chi connectivity index (χ3v) is 6.12. The predicted molar refractivity (Wildman–Crippen MR) is 84.4 cm³/mol. The lowest BCUT2D eigenvalue weighted by Crippen LogP contribution is -2.21. The van der Waals surface area contributed by atoms with Crippen LogP contribution in [0.2, 0.25) is 0 Å². The first kappa shape index (κ1) is 14.6. The Hall–Kier alpha value is -1.38. The number of hydrogen-bond donors (Lipinski definition) is 2. The lowest BCUT2D eigenvalue weighted by molar-refractivity contribution is 0.0691. The summed E-state index contributed by atoms with van der Waals surface area (Å²) in [6.07, 6.45) is 1.03. The van der Waals surface area contributed by atoms with E-state index in [-0.39, 0.29) is 18.1 Å². The first-order valence-electron chi connectivity index (χ1n) is 6.28. The number of fused-ring (bicyclic) bond motifs is 1. The number of rotatable bonds is 4. The minimum atomic E-state index is -1.05. The molecular formula is C13H12N2O3S3. The van der Waals surface area contributed by atoms with Gasteiger partial charge in [0.1, 0.15) is 5.01 Å². The van der Waals surface area contributed by atoms with Gasteiger partial charge >= 0.3 is 5.97 Å². The molecule has 5 nitrogen and oxygen atoms in total. The first-order valence-corrected chi connectivity index (χ1v) is 9.14. The predicted octanol–water partition coefficient (Wildman–Crippen LogP) is 2.62. The Morgan fingerprint density at radius 2 is 2.29 bits per heavy atom. The number of carbonyl (C=O) groups is 2. The molecule has 0 saturated carbocycles. The summed E-state index contributed by atoms with van der Waals surface area (Å²) < 4.78 is 0. The van der Waals surface area contributed by atoms with Crippen molar-refractivity contribution in [3.05, 3.63) is 37.5 Å². The molecule has 1 aliphatic rings. The lowest BCUT2D eigenvalue weighted by atomic mass is 10.2. The van der Waals surface area contributed by atoms with Crippen LogP contribution in [0.3, 0.4) is 0 Å². The number of thiazole rings is 1. The largest absolute Gasteiger partial charge is 0.476 e. The number of nitrogens with one attached hydrogen (secondary N) is 1. The molecule has 8 heteroatoms. The van der Waals surface area contributed by atoms with Crippen molar-refractivity contribution in [3.63, 3.8) is 0 Å². The van der Waals surface area contributed by atoms with Gasteiger partial charge in [0.15, 0.2) is 5.69 Å². The second-order valence-corrected chi connectivity index (χ2v) is 7.66. The third kappa shape index (κ3) is 3.28. The van der Waals surface area contributed by atoms with E-state index in [4.69, 9.17) is 5.11 Å². The lowest BCUT2D eigenvalue weighted by Gasteiger charge is -2.08. The second kappa shape index (κ2) is 6.17. The molecule has 0 unspecified atom stereocenters. The van der Waals surface area contributed by atoms with E-state index in [0.29, 0.717) is 5.01 Å². The molecule has 0 atom stereocenters. The van der Waals surface area contributed by atoms with Gasteiger partial charge in [-0.3, -0.25) is 4.79 Å². The molecular weight excluding hydrogens is 328 g/mol. The minimum absolute atomic E-state index is 0.0212. The number of aromatic carboxylic acids is 1. The van der Waals surface area contributed by atoms with E-state index in [2.05, 4.69) is 10.3 Å². The summed E-state index contributed by atoms with van der Waals surface area (Å²) in [6.45, 7) is 0.258. The number of thiophene rings is 1. The van der Waals surface area contributed by atoms with Crippen LogP contribution in [0, 0.1) is 0 Å². The number of carbonyl (C=O) groups excluding carboxylic acids is 1. The van der Waals surface area contributed by atoms with Crippen molar-refractivity contribution in [1.82, 2.24) is 10.3 Å². The average molecular weight is 340 g/mol. The number of hydrogen-bond acceptors (Lipinski definition) is 6. The zero-order chi connectivity index (χ0) is 14.8. The fourth-order valence-corrected chi connectivity index (χ4v) is 4.99. The van der Waals surface area contributed by atoms with Gasteiger partial charge in [-0.15, -0.1) is 22.7 Å². The van der Waals surface area contributed by atoms with Crippen LogP contribution in [0.25, 0.3) is 0 Å². The summed E-state index contributed by atoms with van der Waals surface area (Å²) in [4.78, 5) is 28.8. The quantitative estimate of drug-likeness (QED) is 0.894. The van der Waals surface area contributed by atoms with Crippen LogP contribution in [0.4, 0.5) is 0 Å². The van der Waals surface area contributed by atoms with Crippen molar-refractivity contribution in [2.45, 2.75) is 18.7 Å². The molecule has 0 spiro atoms. The van der Waals surface area contributed by atoms with Crippen molar-refractivity contribution in [1.29, 1.82) is 0 Å². The monoisotopic (exact) mass is 340 g/mol. The van der Waals surface area contributed by atoms with Crippen molar-refractivity contribution >= 4 is 46.3 Å². The highest BCUT2D eigenvalue weighted by molar-refractivity contribution is 7.98. The molecule has 2 aromatic heterocycles. The van der Waals surface area contributed by atoms with Crippen LogP contribution >= 0.6 is 34.4 Å². The van der Waals surface area contributed by atoms with Gasteiger partial charge in [-0.2, -0.15) is 11.8 Å². The highest BCUT2D eigenvalue weighted by Crippen LogP contribution is 2.31. The average Bonchev–Trinajstić information content (AvgIpc) is 3.11. The van der Waals surface area contributed by atoms with E-state index in [1.54, 1.807) is 11.3 Å². The van der Waals surface area contributed by atoms with Gasteiger partial charge in [-0.25, -0.2) is 9.78 Å². The van der Waals surface area contributed by atoms with E-state index in [1.165, 1.54) is 27.2 Å². The maximum Gasteiger partial charge on any atom is 0.355 e. The molecule has 0 radical (unpaired) electrons. The maximum atomic E-state index is 12.1. The highest BCUT2D eigenvalue weighted by atomic mass is 32.2. The second-order valence-electron chi connectivity index (χ2n) is 4.48. The van der Waals surface area contributed by atoms with E-state index in [1.807, 2.05) is 17.8 Å². The van der Waals surface area contributed by atoms with Crippen LogP contribution < -0.4 is 5.32 Å².